The number of benzene rings is 1. The number of aromatic nitrogens is 2. The number of aryl methyl sites for hydroxylation is 1. The maximum absolute atomic E-state index is 12.9. The van der Waals surface area contributed by atoms with Crippen LogP contribution in [0.25, 0.3) is 0 Å². The minimum absolute atomic E-state index is 0.00945. The predicted molar refractivity (Wildman–Crippen MR) is 143 cm³/mol. The normalized spacial score (nSPS) is 20.6. The van der Waals surface area contributed by atoms with Crippen molar-refractivity contribution in [3.8, 4) is 0 Å². The number of nitrogens with zero attached hydrogens (tertiary/aromatic N) is 3. The molecule has 1 saturated heterocycles. The molecule has 2 aromatic heterocycles. The van der Waals surface area contributed by atoms with Crippen LogP contribution in [0.5, 0.6) is 0 Å². The van der Waals surface area contributed by atoms with Crippen LogP contribution in [0.15, 0.2) is 67.0 Å². The lowest BCUT2D eigenvalue weighted by Crippen LogP contribution is -2.34. The summed E-state index contributed by atoms with van der Waals surface area (Å²) in [6.45, 7) is 2.54. The van der Waals surface area contributed by atoms with Crippen LogP contribution >= 0.6 is 12.2 Å². The van der Waals surface area contributed by atoms with Crippen molar-refractivity contribution >= 4 is 28.9 Å². The molecule has 3 aromatic rings. The van der Waals surface area contributed by atoms with E-state index in [-0.39, 0.29) is 18.0 Å². The van der Waals surface area contributed by atoms with Crippen LogP contribution in [0.4, 0.5) is 5.69 Å². The SMILES string of the molecule is Cc1ccccc1NC(=O)CCN1C(=S)NC(c2ccccn2)C1c1cccn1C1CCCCC1. The van der Waals surface area contributed by atoms with Crippen LogP contribution in [-0.4, -0.2) is 32.0 Å². The number of para-hydroxylation sites is 1. The summed E-state index contributed by atoms with van der Waals surface area (Å²) in [5.74, 6) is -0.00945. The first kappa shape index (κ1) is 23.5. The number of thiocarbonyl (C=S) groups is 1. The average molecular weight is 488 g/mol. The van der Waals surface area contributed by atoms with Gasteiger partial charge in [0.05, 0.1) is 17.8 Å². The second kappa shape index (κ2) is 10.6. The number of hydrogen-bond donors (Lipinski definition) is 2. The molecule has 2 aliphatic rings. The van der Waals surface area contributed by atoms with E-state index in [9.17, 15) is 4.79 Å². The Morgan fingerprint density at radius 3 is 2.66 bits per heavy atom. The molecule has 1 saturated carbocycles. The highest BCUT2D eigenvalue weighted by molar-refractivity contribution is 7.80. The number of hydrogen-bond acceptors (Lipinski definition) is 3. The van der Waals surface area contributed by atoms with Crippen LogP contribution in [-0.2, 0) is 4.79 Å². The van der Waals surface area contributed by atoms with E-state index in [0.717, 1.165) is 16.9 Å². The van der Waals surface area contributed by atoms with E-state index in [0.29, 0.717) is 24.1 Å². The molecule has 7 heteroatoms. The largest absolute Gasteiger partial charge is 0.352 e. The molecular weight excluding hydrogens is 454 g/mol. The molecule has 0 spiro atoms. The summed E-state index contributed by atoms with van der Waals surface area (Å²) in [6.07, 6.45) is 10.7. The monoisotopic (exact) mass is 487 g/mol. The van der Waals surface area contributed by atoms with E-state index >= 15 is 0 Å². The zero-order valence-electron chi connectivity index (χ0n) is 20.2. The fourth-order valence-electron chi connectivity index (χ4n) is 5.47. The molecule has 1 aromatic carbocycles. The molecule has 1 aliphatic heterocycles. The third kappa shape index (κ3) is 5.10. The summed E-state index contributed by atoms with van der Waals surface area (Å²) in [5.41, 5.74) is 4.11. The summed E-state index contributed by atoms with van der Waals surface area (Å²) in [5, 5.41) is 7.25. The topological polar surface area (TPSA) is 62.2 Å². The molecule has 2 atom stereocenters. The van der Waals surface area contributed by atoms with E-state index in [1.807, 2.05) is 49.5 Å². The van der Waals surface area contributed by atoms with Gasteiger partial charge in [-0.15, -0.1) is 0 Å². The first-order chi connectivity index (χ1) is 17.1. The van der Waals surface area contributed by atoms with Crippen LogP contribution in [0.1, 0.15) is 73.6 Å². The number of amides is 1. The zero-order valence-corrected chi connectivity index (χ0v) is 21.0. The minimum Gasteiger partial charge on any atom is -0.352 e. The Balaban J connectivity index is 1.40. The number of carbonyl (C=O) groups is 1. The van der Waals surface area contributed by atoms with Gasteiger partial charge >= 0.3 is 0 Å². The maximum Gasteiger partial charge on any atom is 0.226 e. The van der Waals surface area contributed by atoms with E-state index in [1.165, 1.54) is 37.8 Å². The molecule has 1 amide bonds. The van der Waals surface area contributed by atoms with Gasteiger partial charge in [0.25, 0.3) is 0 Å². The quantitative estimate of drug-likeness (QED) is 0.419. The number of pyridine rings is 1. The molecule has 1 aliphatic carbocycles. The van der Waals surface area contributed by atoms with Crippen molar-refractivity contribution in [3.05, 3.63) is 83.9 Å². The summed E-state index contributed by atoms with van der Waals surface area (Å²) < 4.78 is 2.45. The van der Waals surface area contributed by atoms with Crippen molar-refractivity contribution in [2.75, 3.05) is 11.9 Å². The predicted octanol–water partition coefficient (Wildman–Crippen LogP) is 5.70. The molecule has 0 radical (unpaired) electrons. The fraction of sp³-hybridized carbons (Fsp3) is 0.393. The Hall–Kier alpha value is -3.19. The molecule has 2 N–H and O–H groups in total. The van der Waals surface area contributed by atoms with Crippen molar-refractivity contribution in [2.45, 2.75) is 63.6 Å². The highest BCUT2D eigenvalue weighted by atomic mass is 32.1. The van der Waals surface area contributed by atoms with Crippen molar-refractivity contribution in [3.63, 3.8) is 0 Å². The Bertz CT molecular complexity index is 1170. The lowest BCUT2D eigenvalue weighted by molar-refractivity contribution is -0.116. The Morgan fingerprint density at radius 1 is 1.09 bits per heavy atom. The highest BCUT2D eigenvalue weighted by Gasteiger charge is 2.41. The molecule has 182 valence electrons. The maximum atomic E-state index is 12.9. The number of carbonyl (C=O) groups excluding carboxylic acids is 1. The van der Waals surface area contributed by atoms with Crippen LogP contribution in [0.2, 0.25) is 0 Å². The van der Waals surface area contributed by atoms with Gasteiger partial charge in [-0.3, -0.25) is 9.78 Å². The number of rotatable bonds is 7. The van der Waals surface area contributed by atoms with E-state index < -0.39 is 0 Å². The summed E-state index contributed by atoms with van der Waals surface area (Å²) in [6, 6.07) is 18.6. The molecule has 2 unspecified atom stereocenters. The average Bonchev–Trinajstić information content (AvgIpc) is 3.49. The third-order valence-electron chi connectivity index (χ3n) is 7.28. The summed E-state index contributed by atoms with van der Waals surface area (Å²) >= 11 is 5.82. The van der Waals surface area contributed by atoms with E-state index in [4.69, 9.17) is 12.2 Å². The van der Waals surface area contributed by atoms with Gasteiger partial charge < -0.3 is 20.1 Å². The van der Waals surface area contributed by atoms with Crippen molar-refractivity contribution in [2.24, 2.45) is 0 Å². The Labute approximate surface area is 212 Å². The summed E-state index contributed by atoms with van der Waals surface area (Å²) in [7, 11) is 0. The van der Waals surface area contributed by atoms with Crippen molar-refractivity contribution in [1.29, 1.82) is 0 Å². The smallest absolute Gasteiger partial charge is 0.226 e. The number of anilines is 1. The lowest BCUT2D eigenvalue weighted by Gasteiger charge is -2.32. The van der Waals surface area contributed by atoms with Gasteiger partial charge in [0.2, 0.25) is 5.91 Å². The number of nitrogens with one attached hydrogen (secondary N) is 2. The Kier molecular flexibility index (Phi) is 7.13. The van der Waals surface area contributed by atoms with Gasteiger partial charge in [-0.05, 0) is 67.9 Å². The molecule has 6 nitrogen and oxygen atoms in total. The Morgan fingerprint density at radius 2 is 1.89 bits per heavy atom. The van der Waals surface area contributed by atoms with Crippen molar-refractivity contribution in [1.82, 2.24) is 19.8 Å². The first-order valence-corrected chi connectivity index (χ1v) is 13.0. The van der Waals surface area contributed by atoms with Crippen molar-refractivity contribution < 1.29 is 4.79 Å². The van der Waals surface area contributed by atoms with Gasteiger partial charge in [-0.25, -0.2) is 0 Å². The van der Waals surface area contributed by atoms with Crippen LogP contribution < -0.4 is 10.6 Å². The summed E-state index contributed by atoms with van der Waals surface area (Å²) in [4.78, 5) is 19.7. The standard InChI is InChI=1S/C28H33N5OS/c1-20-10-5-6-13-22(20)30-25(34)16-19-33-27(26(31-28(33)35)23-14-7-8-17-29-23)24-15-9-18-32(24)21-11-3-2-4-12-21/h5-10,13-15,17-18,21,26-27H,2-4,11-12,16,19H2,1H3,(H,30,34)(H,31,35). The lowest BCUT2D eigenvalue weighted by atomic mass is 9.94. The highest BCUT2D eigenvalue weighted by Crippen LogP contribution is 2.41. The molecule has 2 fully saturated rings. The minimum atomic E-state index is -0.0691. The van der Waals surface area contributed by atoms with Gasteiger partial charge in [0.1, 0.15) is 0 Å². The van der Waals surface area contributed by atoms with Gasteiger partial charge in [-0.2, -0.15) is 0 Å². The van der Waals surface area contributed by atoms with Crippen LogP contribution in [0.3, 0.4) is 0 Å². The van der Waals surface area contributed by atoms with Gasteiger partial charge in [0, 0.05) is 42.8 Å². The molecule has 0 bridgehead atoms. The molecule has 35 heavy (non-hydrogen) atoms. The zero-order chi connectivity index (χ0) is 24.2. The first-order valence-electron chi connectivity index (χ1n) is 12.6. The fourth-order valence-corrected chi connectivity index (χ4v) is 5.80. The molecule has 5 rings (SSSR count). The van der Waals surface area contributed by atoms with Crippen LogP contribution in [0, 0.1) is 6.92 Å². The second-order valence-corrected chi connectivity index (χ2v) is 9.95. The van der Waals surface area contributed by atoms with E-state index in [2.05, 4.69) is 49.5 Å². The van der Waals surface area contributed by atoms with Gasteiger partial charge in [-0.1, -0.05) is 43.5 Å². The second-order valence-electron chi connectivity index (χ2n) is 9.57. The van der Waals surface area contributed by atoms with Gasteiger partial charge in [0.15, 0.2) is 5.11 Å². The third-order valence-corrected chi connectivity index (χ3v) is 7.63. The van der Waals surface area contributed by atoms with E-state index in [1.54, 1.807) is 0 Å². The molecular formula is C28H33N5OS. The molecule has 3 heterocycles.